The summed E-state index contributed by atoms with van der Waals surface area (Å²) in [4.78, 5) is 12.7. The van der Waals surface area contributed by atoms with Crippen molar-refractivity contribution in [2.24, 2.45) is 0 Å². The van der Waals surface area contributed by atoms with Gasteiger partial charge in [0.1, 0.15) is 5.82 Å². The van der Waals surface area contributed by atoms with E-state index in [0.29, 0.717) is 11.4 Å². The van der Waals surface area contributed by atoms with Gasteiger partial charge >= 0.3 is 6.18 Å². The number of nitrogens with one attached hydrogen (secondary N) is 1. The molecule has 0 fully saturated rings. The van der Waals surface area contributed by atoms with Crippen LogP contribution >= 0.6 is 0 Å². The van der Waals surface area contributed by atoms with Crippen LogP contribution in [0.15, 0.2) is 72.9 Å². The second-order valence-electron chi connectivity index (χ2n) is 7.53. The van der Waals surface area contributed by atoms with Gasteiger partial charge in [0.05, 0.1) is 23.1 Å². The summed E-state index contributed by atoms with van der Waals surface area (Å²) in [6.45, 7) is 0.107. The summed E-state index contributed by atoms with van der Waals surface area (Å²) < 4.78 is 54.0. The molecule has 3 N–H and O–H groups in total. The molecule has 0 aliphatic heterocycles. The van der Waals surface area contributed by atoms with E-state index in [1.165, 1.54) is 41.2 Å². The second kappa shape index (κ2) is 9.34. The minimum absolute atomic E-state index is 0.0179. The summed E-state index contributed by atoms with van der Waals surface area (Å²) in [5.74, 6) is -0.942. The summed E-state index contributed by atoms with van der Waals surface area (Å²) >= 11 is 0. The van der Waals surface area contributed by atoms with Crippen molar-refractivity contribution < 1.29 is 22.4 Å². The molecular weight excluding hydrogens is 450 g/mol. The Morgan fingerprint density at radius 2 is 1.71 bits per heavy atom. The fourth-order valence-electron chi connectivity index (χ4n) is 3.43. The van der Waals surface area contributed by atoms with Crippen LogP contribution in [0.4, 0.5) is 28.9 Å². The van der Waals surface area contributed by atoms with Gasteiger partial charge < -0.3 is 11.1 Å². The first-order valence-electron chi connectivity index (χ1n) is 10.2. The molecule has 34 heavy (non-hydrogen) atoms. The number of nitrogen functional groups attached to an aromatic ring is 1. The fraction of sp³-hybridized carbons (Fsp3) is 0.125. The standard InChI is InChI=1S/C24H19F4N5O/c25-18-8-5-15(6-9-18)17-7-10-20(29)21(13-17)30-23(34)22-14-33(32-31-22)12-11-16-3-1-2-4-19(16)24(26,27)28/h1-10,13-14H,11-12,29H2,(H,30,34). The van der Waals surface area contributed by atoms with E-state index in [1.54, 1.807) is 30.3 Å². The highest BCUT2D eigenvalue weighted by Crippen LogP contribution is 2.32. The molecule has 0 aliphatic rings. The van der Waals surface area contributed by atoms with Gasteiger partial charge in [-0.05, 0) is 53.4 Å². The van der Waals surface area contributed by atoms with E-state index in [4.69, 9.17) is 5.73 Å². The third-order valence-corrected chi connectivity index (χ3v) is 5.18. The minimum atomic E-state index is -4.45. The maximum absolute atomic E-state index is 13.2. The Labute approximate surface area is 192 Å². The van der Waals surface area contributed by atoms with Crippen LogP contribution in [0.2, 0.25) is 0 Å². The van der Waals surface area contributed by atoms with E-state index in [1.807, 2.05) is 0 Å². The average molecular weight is 469 g/mol. The molecule has 6 nitrogen and oxygen atoms in total. The van der Waals surface area contributed by atoms with Crippen molar-refractivity contribution in [3.8, 4) is 11.1 Å². The third-order valence-electron chi connectivity index (χ3n) is 5.18. The maximum Gasteiger partial charge on any atom is 0.416 e. The van der Waals surface area contributed by atoms with Crippen molar-refractivity contribution in [1.29, 1.82) is 0 Å². The first kappa shape index (κ1) is 23.0. The molecule has 0 radical (unpaired) electrons. The van der Waals surface area contributed by atoms with Crippen molar-refractivity contribution >= 4 is 17.3 Å². The lowest BCUT2D eigenvalue weighted by Crippen LogP contribution is -2.14. The summed E-state index contributed by atoms with van der Waals surface area (Å²) in [6, 6.07) is 16.2. The molecule has 1 aromatic heterocycles. The number of amides is 1. The summed E-state index contributed by atoms with van der Waals surface area (Å²) in [7, 11) is 0. The smallest absolute Gasteiger partial charge is 0.397 e. The number of halogens is 4. The maximum atomic E-state index is 13.2. The lowest BCUT2D eigenvalue weighted by atomic mass is 10.0. The topological polar surface area (TPSA) is 85.8 Å². The van der Waals surface area contributed by atoms with E-state index < -0.39 is 17.6 Å². The van der Waals surface area contributed by atoms with Crippen LogP contribution in [0.1, 0.15) is 21.6 Å². The number of carbonyl (C=O) groups is 1. The zero-order chi connectivity index (χ0) is 24.3. The van der Waals surface area contributed by atoms with E-state index in [-0.39, 0.29) is 30.0 Å². The third kappa shape index (κ3) is 5.22. The first-order chi connectivity index (χ1) is 16.2. The molecular formula is C24H19F4N5O. The molecule has 0 saturated carbocycles. The molecule has 0 unspecified atom stereocenters. The molecule has 4 aromatic rings. The number of hydrogen-bond donors (Lipinski definition) is 2. The van der Waals surface area contributed by atoms with Crippen molar-refractivity contribution in [2.45, 2.75) is 19.1 Å². The van der Waals surface area contributed by atoms with E-state index in [9.17, 15) is 22.4 Å². The molecule has 4 rings (SSSR count). The van der Waals surface area contributed by atoms with Crippen LogP contribution in [0.25, 0.3) is 11.1 Å². The fourth-order valence-corrected chi connectivity index (χ4v) is 3.43. The molecule has 0 atom stereocenters. The van der Waals surface area contributed by atoms with Crippen LogP contribution in [0.5, 0.6) is 0 Å². The first-order valence-corrected chi connectivity index (χ1v) is 10.2. The number of benzene rings is 3. The number of alkyl halides is 3. The minimum Gasteiger partial charge on any atom is -0.397 e. The lowest BCUT2D eigenvalue weighted by molar-refractivity contribution is -0.138. The van der Waals surface area contributed by atoms with E-state index in [2.05, 4.69) is 15.6 Å². The Balaban J connectivity index is 1.45. The predicted octanol–water partition coefficient (Wildman–Crippen LogP) is 5.18. The quantitative estimate of drug-likeness (QED) is 0.301. The van der Waals surface area contributed by atoms with Gasteiger partial charge in [-0.25, -0.2) is 4.39 Å². The van der Waals surface area contributed by atoms with Crippen LogP contribution in [-0.4, -0.2) is 20.9 Å². The highest BCUT2D eigenvalue weighted by molar-refractivity contribution is 6.04. The largest absolute Gasteiger partial charge is 0.416 e. The Bertz CT molecular complexity index is 1320. The van der Waals surface area contributed by atoms with Gasteiger partial charge in [0, 0.05) is 6.54 Å². The van der Waals surface area contributed by atoms with Crippen LogP contribution < -0.4 is 11.1 Å². The van der Waals surface area contributed by atoms with Crippen molar-refractivity contribution in [2.75, 3.05) is 11.1 Å². The molecule has 174 valence electrons. The van der Waals surface area contributed by atoms with Crippen molar-refractivity contribution in [1.82, 2.24) is 15.0 Å². The van der Waals surface area contributed by atoms with Gasteiger partial charge in [-0.1, -0.05) is 41.6 Å². The number of anilines is 2. The van der Waals surface area contributed by atoms with Crippen LogP contribution in [0, 0.1) is 5.82 Å². The van der Waals surface area contributed by atoms with E-state index in [0.717, 1.165) is 17.2 Å². The SMILES string of the molecule is Nc1ccc(-c2ccc(F)cc2)cc1NC(=O)c1cn(CCc2ccccc2C(F)(F)F)nn1. The number of carbonyl (C=O) groups excluding carboxylic acids is 1. The van der Waals surface area contributed by atoms with Gasteiger partial charge in [0.2, 0.25) is 0 Å². The molecule has 10 heteroatoms. The number of aromatic nitrogens is 3. The molecule has 3 aromatic carbocycles. The Morgan fingerprint density at radius 1 is 1.00 bits per heavy atom. The number of aryl methyl sites for hydroxylation is 2. The Kier molecular flexibility index (Phi) is 6.31. The highest BCUT2D eigenvalue weighted by atomic mass is 19.4. The lowest BCUT2D eigenvalue weighted by Gasteiger charge is -2.12. The highest BCUT2D eigenvalue weighted by Gasteiger charge is 2.32. The number of rotatable bonds is 6. The monoisotopic (exact) mass is 469 g/mol. The van der Waals surface area contributed by atoms with Gasteiger partial charge in [0.25, 0.3) is 5.91 Å². The number of nitrogens with zero attached hydrogens (tertiary/aromatic N) is 3. The predicted molar refractivity (Wildman–Crippen MR) is 119 cm³/mol. The molecule has 0 saturated heterocycles. The summed E-state index contributed by atoms with van der Waals surface area (Å²) in [5, 5.41) is 10.3. The zero-order valence-corrected chi connectivity index (χ0v) is 17.7. The van der Waals surface area contributed by atoms with Crippen LogP contribution in [0.3, 0.4) is 0 Å². The summed E-state index contributed by atoms with van der Waals surface area (Å²) in [6.07, 6.45) is -3.04. The molecule has 0 bridgehead atoms. The van der Waals surface area contributed by atoms with Gasteiger partial charge in [-0.15, -0.1) is 5.10 Å². The van der Waals surface area contributed by atoms with Crippen molar-refractivity contribution in [3.63, 3.8) is 0 Å². The van der Waals surface area contributed by atoms with Gasteiger partial charge in [-0.3, -0.25) is 9.48 Å². The molecule has 0 aliphatic carbocycles. The second-order valence-corrected chi connectivity index (χ2v) is 7.53. The Morgan fingerprint density at radius 3 is 2.44 bits per heavy atom. The zero-order valence-electron chi connectivity index (χ0n) is 17.7. The average Bonchev–Trinajstić information content (AvgIpc) is 3.29. The molecule has 0 spiro atoms. The number of nitrogens with two attached hydrogens (primary N) is 1. The molecule has 1 heterocycles. The normalized spacial score (nSPS) is 11.4. The van der Waals surface area contributed by atoms with Crippen molar-refractivity contribution in [3.05, 3.63) is 95.6 Å². The van der Waals surface area contributed by atoms with Gasteiger partial charge in [-0.2, -0.15) is 13.2 Å². The van der Waals surface area contributed by atoms with Gasteiger partial charge in [0.15, 0.2) is 5.69 Å². The molecule has 1 amide bonds. The van der Waals surface area contributed by atoms with E-state index >= 15 is 0 Å². The summed E-state index contributed by atoms with van der Waals surface area (Å²) in [5.41, 5.74) is 7.49. The number of hydrogen-bond acceptors (Lipinski definition) is 4. The Hall–Kier alpha value is -4.21. The van der Waals surface area contributed by atoms with Crippen LogP contribution in [-0.2, 0) is 19.1 Å².